The highest BCUT2D eigenvalue weighted by Gasteiger charge is 2.19. The number of nitro groups is 1. The minimum Gasteiger partial charge on any atom is -0.465 e. The molecule has 0 spiro atoms. The summed E-state index contributed by atoms with van der Waals surface area (Å²) in [6.45, 7) is 0.650. The fourth-order valence-corrected chi connectivity index (χ4v) is 2.18. The monoisotopic (exact) mass is 330 g/mol. The van der Waals surface area contributed by atoms with E-state index in [9.17, 15) is 14.9 Å². The Labute approximate surface area is 139 Å². The van der Waals surface area contributed by atoms with Crippen molar-refractivity contribution in [2.75, 3.05) is 21.2 Å². The molecule has 0 amide bonds. The van der Waals surface area contributed by atoms with E-state index >= 15 is 0 Å². The van der Waals surface area contributed by atoms with Crippen LogP contribution in [0.15, 0.2) is 42.5 Å². The lowest BCUT2D eigenvalue weighted by molar-refractivity contribution is -0.384. The van der Waals surface area contributed by atoms with Crippen molar-refractivity contribution in [1.82, 2.24) is 4.90 Å². The Morgan fingerprint density at radius 2 is 1.88 bits per heavy atom. The maximum Gasteiger partial charge on any atom is 0.341 e. The Kier molecular flexibility index (Phi) is 5.49. The molecule has 7 nitrogen and oxygen atoms in total. The highest BCUT2D eigenvalue weighted by atomic mass is 16.6. The lowest BCUT2D eigenvalue weighted by Crippen LogP contribution is -2.11. The summed E-state index contributed by atoms with van der Waals surface area (Å²) in [7, 11) is 5.08. The van der Waals surface area contributed by atoms with Gasteiger partial charge in [-0.2, -0.15) is 0 Å². The van der Waals surface area contributed by atoms with E-state index in [1.54, 1.807) is 6.07 Å². The second-order valence-corrected chi connectivity index (χ2v) is 5.38. The summed E-state index contributed by atoms with van der Waals surface area (Å²) in [5.74, 6) is 0.0858. The third-order valence-corrected chi connectivity index (χ3v) is 3.26. The van der Waals surface area contributed by atoms with Crippen molar-refractivity contribution in [3.8, 4) is 11.5 Å². The standard InChI is InChI=1S/C17H18N2O5/c1-18(2)11-12-6-4-5-7-15(12)24-16-9-8-13(19(21)22)10-14(16)17(20)23-3/h4-10H,11H2,1-3H3. The molecular weight excluding hydrogens is 312 g/mol. The maximum atomic E-state index is 11.9. The number of carbonyl (C=O) groups is 1. The summed E-state index contributed by atoms with van der Waals surface area (Å²) in [6, 6.07) is 11.2. The number of para-hydroxylation sites is 1. The van der Waals surface area contributed by atoms with Crippen molar-refractivity contribution < 1.29 is 19.2 Å². The second-order valence-electron chi connectivity index (χ2n) is 5.38. The zero-order valence-electron chi connectivity index (χ0n) is 13.7. The Balaban J connectivity index is 2.43. The Hall–Kier alpha value is -2.93. The number of hydrogen-bond donors (Lipinski definition) is 0. The molecular formula is C17H18N2O5. The molecule has 2 aromatic carbocycles. The van der Waals surface area contributed by atoms with Crippen LogP contribution in [0.25, 0.3) is 0 Å². The van der Waals surface area contributed by atoms with Gasteiger partial charge in [0.2, 0.25) is 0 Å². The van der Waals surface area contributed by atoms with E-state index in [2.05, 4.69) is 0 Å². The van der Waals surface area contributed by atoms with Crippen LogP contribution in [-0.2, 0) is 11.3 Å². The Morgan fingerprint density at radius 3 is 2.50 bits per heavy atom. The topological polar surface area (TPSA) is 81.9 Å². The molecule has 0 aliphatic rings. The largest absolute Gasteiger partial charge is 0.465 e. The fourth-order valence-electron chi connectivity index (χ4n) is 2.18. The van der Waals surface area contributed by atoms with E-state index in [0.717, 1.165) is 11.6 Å². The molecule has 0 fully saturated rings. The van der Waals surface area contributed by atoms with Crippen LogP contribution in [-0.4, -0.2) is 37.0 Å². The summed E-state index contributed by atoms with van der Waals surface area (Å²) in [6.07, 6.45) is 0. The summed E-state index contributed by atoms with van der Waals surface area (Å²) >= 11 is 0. The molecule has 2 aromatic rings. The number of hydrogen-bond acceptors (Lipinski definition) is 6. The normalized spacial score (nSPS) is 10.5. The third-order valence-electron chi connectivity index (χ3n) is 3.26. The van der Waals surface area contributed by atoms with Gasteiger partial charge in [-0.25, -0.2) is 4.79 Å². The number of rotatable bonds is 6. The number of benzene rings is 2. The zero-order chi connectivity index (χ0) is 17.7. The van der Waals surface area contributed by atoms with Crippen molar-refractivity contribution in [2.45, 2.75) is 6.54 Å². The number of esters is 1. The van der Waals surface area contributed by atoms with E-state index in [0.29, 0.717) is 12.3 Å². The molecule has 7 heteroatoms. The highest BCUT2D eigenvalue weighted by molar-refractivity contribution is 5.93. The van der Waals surface area contributed by atoms with E-state index in [1.807, 2.05) is 37.2 Å². The molecule has 0 heterocycles. The van der Waals surface area contributed by atoms with Gasteiger partial charge in [-0.1, -0.05) is 18.2 Å². The highest BCUT2D eigenvalue weighted by Crippen LogP contribution is 2.31. The molecule has 24 heavy (non-hydrogen) atoms. The van der Waals surface area contributed by atoms with E-state index in [1.165, 1.54) is 19.2 Å². The molecule has 0 aliphatic carbocycles. The smallest absolute Gasteiger partial charge is 0.341 e. The SMILES string of the molecule is COC(=O)c1cc([N+](=O)[O-])ccc1Oc1ccccc1CN(C)C. The minimum atomic E-state index is -0.696. The van der Waals surface area contributed by atoms with Crippen LogP contribution >= 0.6 is 0 Å². The fraction of sp³-hybridized carbons (Fsp3) is 0.235. The van der Waals surface area contributed by atoms with E-state index < -0.39 is 10.9 Å². The summed E-state index contributed by atoms with van der Waals surface area (Å²) in [5, 5.41) is 10.9. The third kappa shape index (κ3) is 4.08. The minimum absolute atomic E-state index is 0.00589. The van der Waals surface area contributed by atoms with Crippen molar-refractivity contribution in [3.63, 3.8) is 0 Å². The molecule has 0 aromatic heterocycles. The molecule has 0 aliphatic heterocycles. The summed E-state index contributed by atoms with van der Waals surface area (Å²) < 4.78 is 10.5. The maximum absolute atomic E-state index is 11.9. The molecule has 0 bridgehead atoms. The van der Waals surface area contributed by atoms with Crippen molar-refractivity contribution in [1.29, 1.82) is 0 Å². The molecule has 0 N–H and O–H groups in total. The molecule has 0 unspecified atom stereocenters. The van der Waals surface area contributed by atoms with Gasteiger partial charge in [0, 0.05) is 24.2 Å². The van der Waals surface area contributed by atoms with Crippen molar-refractivity contribution in [2.24, 2.45) is 0 Å². The van der Waals surface area contributed by atoms with Gasteiger partial charge in [0.15, 0.2) is 0 Å². The van der Waals surface area contributed by atoms with E-state index in [4.69, 9.17) is 9.47 Å². The molecule has 2 rings (SSSR count). The van der Waals surface area contributed by atoms with Gasteiger partial charge >= 0.3 is 5.97 Å². The molecule has 0 atom stereocenters. The number of methoxy groups -OCH3 is 1. The van der Waals surface area contributed by atoms with Crippen LogP contribution in [0.5, 0.6) is 11.5 Å². The number of nitro benzene ring substituents is 1. The van der Waals surface area contributed by atoms with Crippen LogP contribution in [0.1, 0.15) is 15.9 Å². The average Bonchev–Trinajstić information content (AvgIpc) is 2.55. The van der Waals surface area contributed by atoms with Gasteiger partial charge in [0.05, 0.1) is 12.0 Å². The summed E-state index contributed by atoms with van der Waals surface area (Å²) in [4.78, 5) is 24.3. The van der Waals surface area contributed by atoms with Gasteiger partial charge in [0.1, 0.15) is 17.1 Å². The first-order valence-electron chi connectivity index (χ1n) is 7.19. The second kappa shape index (κ2) is 7.56. The lowest BCUT2D eigenvalue weighted by atomic mass is 10.1. The first-order chi connectivity index (χ1) is 11.4. The van der Waals surface area contributed by atoms with Gasteiger partial charge in [0.25, 0.3) is 5.69 Å². The molecule has 0 saturated heterocycles. The van der Waals surface area contributed by atoms with Crippen LogP contribution in [0.3, 0.4) is 0 Å². The first kappa shape index (κ1) is 17.4. The van der Waals surface area contributed by atoms with E-state index in [-0.39, 0.29) is 17.0 Å². The van der Waals surface area contributed by atoms with Crippen LogP contribution in [0.2, 0.25) is 0 Å². The molecule has 0 radical (unpaired) electrons. The van der Waals surface area contributed by atoms with Crippen LogP contribution in [0.4, 0.5) is 5.69 Å². The number of ether oxygens (including phenoxy) is 2. The van der Waals surface area contributed by atoms with Gasteiger partial charge in [-0.3, -0.25) is 10.1 Å². The summed E-state index contributed by atoms with van der Waals surface area (Å²) in [5.41, 5.74) is 0.729. The van der Waals surface area contributed by atoms with Crippen LogP contribution < -0.4 is 4.74 Å². The molecule has 126 valence electrons. The lowest BCUT2D eigenvalue weighted by Gasteiger charge is -2.16. The van der Waals surface area contributed by atoms with Crippen molar-refractivity contribution in [3.05, 3.63) is 63.7 Å². The van der Waals surface area contributed by atoms with Gasteiger partial charge < -0.3 is 14.4 Å². The molecule has 0 saturated carbocycles. The van der Waals surface area contributed by atoms with Crippen LogP contribution in [0, 0.1) is 10.1 Å². The predicted octanol–water partition coefficient (Wildman–Crippen LogP) is 3.24. The van der Waals surface area contributed by atoms with Gasteiger partial charge in [-0.05, 0) is 26.2 Å². The Bertz CT molecular complexity index is 758. The number of nitrogens with zero attached hydrogens (tertiary/aromatic N) is 2. The first-order valence-corrected chi connectivity index (χ1v) is 7.19. The Morgan fingerprint density at radius 1 is 1.17 bits per heavy atom. The quantitative estimate of drug-likeness (QED) is 0.459. The predicted molar refractivity (Wildman–Crippen MR) is 88.3 cm³/mol. The van der Waals surface area contributed by atoms with Gasteiger partial charge in [-0.15, -0.1) is 0 Å². The number of non-ortho nitro benzene ring substituents is 1. The number of carbonyl (C=O) groups excluding carboxylic acids is 1. The zero-order valence-corrected chi connectivity index (χ0v) is 13.7. The van der Waals surface area contributed by atoms with Crippen molar-refractivity contribution >= 4 is 11.7 Å². The average molecular weight is 330 g/mol.